The van der Waals surface area contributed by atoms with E-state index >= 15 is 0 Å². The minimum absolute atomic E-state index is 0.0183. The monoisotopic (exact) mass is 276 g/mol. The van der Waals surface area contributed by atoms with E-state index in [0.717, 1.165) is 5.56 Å². The van der Waals surface area contributed by atoms with Gasteiger partial charge in [-0.05, 0) is 17.0 Å². The summed E-state index contributed by atoms with van der Waals surface area (Å²) in [6.45, 7) is 5.47. The third-order valence-electron chi connectivity index (χ3n) is 2.46. The molecule has 1 N–H and O–H groups in total. The van der Waals surface area contributed by atoms with E-state index in [9.17, 15) is 13.2 Å². The Morgan fingerprint density at radius 2 is 1.95 bits per heavy atom. The molecule has 0 aliphatic rings. The molecule has 0 aliphatic heterocycles. The fourth-order valence-corrected chi connectivity index (χ4v) is 1.41. The summed E-state index contributed by atoms with van der Waals surface area (Å²) >= 11 is 0. The Hall–Kier alpha value is -1.30. The number of nitrogens with zero attached hydrogens (tertiary/aromatic N) is 1. The van der Waals surface area contributed by atoms with Crippen molar-refractivity contribution in [3.8, 4) is 5.88 Å². The Balaban J connectivity index is 2.38. The molecule has 0 aromatic carbocycles. The molecule has 0 atom stereocenters. The normalized spacial score (nSPS) is 12.5. The van der Waals surface area contributed by atoms with Crippen molar-refractivity contribution in [2.45, 2.75) is 32.4 Å². The van der Waals surface area contributed by atoms with Crippen molar-refractivity contribution >= 4 is 0 Å². The number of nitrogens with one attached hydrogen (secondary N) is 1. The zero-order valence-electron chi connectivity index (χ0n) is 11.3. The fraction of sp³-hybridized carbons (Fsp3) is 0.615. The van der Waals surface area contributed by atoms with Gasteiger partial charge in [0.05, 0.1) is 6.54 Å². The lowest BCUT2D eigenvalue weighted by atomic mass is 9.88. The van der Waals surface area contributed by atoms with Crippen LogP contribution < -0.4 is 10.1 Å². The van der Waals surface area contributed by atoms with Gasteiger partial charge in [-0.1, -0.05) is 20.8 Å². The van der Waals surface area contributed by atoms with Gasteiger partial charge >= 0.3 is 6.18 Å². The Morgan fingerprint density at radius 3 is 2.53 bits per heavy atom. The second kappa shape index (κ2) is 6.23. The summed E-state index contributed by atoms with van der Waals surface area (Å²) in [5.74, 6) is 0.432. The average molecular weight is 276 g/mol. The van der Waals surface area contributed by atoms with E-state index < -0.39 is 12.7 Å². The lowest BCUT2D eigenvalue weighted by molar-refractivity contribution is -0.124. The second-order valence-electron chi connectivity index (χ2n) is 5.27. The van der Waals surface area contributed by atoms with Gasteiger partial charge < -0.3 is 10.1 Å². The molecule has 0 aliphatic carbocycles. The first-order chi connectivity index (χ1) is 8.68. The maximum atomic E-state index is 11.9. The summed E-state index contributed by atoms with van der Waals surface area (Å²) in [5.41, 5.74) is 1.05. The van der Waals surface area contributed by atoms with Gasteiger partial charge in [0.25, 0.3) is 0 Å². The summed E-state index contributed by atoms with van der Waals surface area (Å²) in [6, 6.07) is 3.71. The van der Waals surface area contributed by atoms with Crippen molar-refractivity contribution in [1.29, 1.82) is 0 Å². The number of ether oxygens (including phenoxy) is 1. The van der Waals surface area contributed by atoms with Crippen LogP contribution in [0.5, 0.6) is 5.88 Å². The number of halogens is 3. The van der Waals surface area contributed by atoms with Crippen LogP contribution in [-0.2, 0) is 5.41 Å². The largest absolute Gasteiger partial charge is 0.476 e. The summed E-state index contributed by atoms with van der Waals surface area (Å²) in [7, 11) is 0. The smallest absolute Gasteiger partial charge is 0.401 e. The molecule has 1 aromatic heterocycles. The van der Waals surface area contributed by atoms with Crippen LogP contribution >= 0.6 is 0 Å². The van der Waals surface area contributed by atoms with E-state index in [4.69, 9.17) is 4.74 Å². The second-order valence-corrected chi connectivity index (χ2v) is 5.27. The standard InChI is InChI=1S/C13H19F3N2O/c1-12(2,3)10-4-5-18-11(8-10)19-7-6-17-9-13(14,15)16/h4-5,8,17H,6-7,9H2,1-3H3. The first kappa shape index (κ1) is 15.8. The van der Waals surface area contributed by atoms with Gasteiger partial charge in [0.2, 0.25) is 5.88 Å². The van der Waals surface area contributed by atoms with E-state index in [1.54, 1.807) is 6.20 Å². The van der Waals surface area contributed by atoms with Crippen LogP contribution in [0.1, 0.15) is 26.3 Å². The number of hydrogen-bond acceptors (Lipinski definition) is 3. The summed E-state index contributed by atoms with van der Waals surface area (Å²) in [5, 5.41) is 2.26. The number of rotatable bonds is 5. The molecule has 108 valence electrons. The molecule has 0 saturated heterocycles. The van der Waals surface area contributed by atoms with Crippen LogP contribution in [0, 0.1) is 0 Å². The quantitative estimate of drug-likeness (QED) is 0.840. The average Bonchev–Trinajstić information content (AvgIpc) is 2.26. The van der Waals surface area contributed by atoms with Gasteiger partial charge in [0, 0.05) is 18.8 Å². The van der Waals surface area contributed by atoms with Crippen molar-refractivity contribution < 1.29 is 17.9 Å². The molecule has 6 heteroatoms. The van der Waals surface area contributed by atoms with E-state index in [1.165, 1.54) is 0 Å². The first-order valence-electron chi connectivity index (χ1n) is 6.05. The van der Waals surface area contributed by atoms with Crippen LogP contribution in [0.15, 0.2) is 18.3 Å². The Morgan fingerprint density at radius 1 is 1.26 bits per heavy atom. The van der Waals surface area contributed by atoms with Crippen molar-refractivity contribution in [1.82, 2.24) is 10.3 Å². The Bertz CT molecular complexity index is 400. The fourth-order valence-electron chi connectivity index (χ4n) is 1.41. The zero-order valence-corrected chi connectivity index (χ0v) is 11.3. The van der Waals surface area contributed by atoms with Crippen LogP contribution in [0.25, 0.3) is 0 Å². The van der Waals surface area contributed by atoms with Gasteiger partial charge in [-0.3, -0.25) is 0 Å². The molecule has 0 bridgehead atoms. The maximum Gasteiger partial charge on any atom is 0.401 e. The maximum absolute atomic E-state index is 11.9. The SMILES string of the molecule is CC(C)(C)c1ccnc(OCCNCC(F)(F)F)c1. The molecular weight excluding hydrogens is 257 g/mol. The van der Waals surface area contributed by atoms with Crippen molar-refractivity contribution in [2.24, 2.45) is 0 Å². The van der Waals surface area contributed by atoms with Crippen molar-refractivity contribution in [2.75, 3.05) is 19.7 Å². The Kier molecular flexibility index (Phi) is 5.17. The first-order valence-corrected chi connectivity index (χ1v) is 6.05. The molecule has 1 heterocycles. The van der Waals surface area contributed by atoms with Gasteiger partial charge in [-0.2, -0.15) is 13.2 Å². The predicted molar refractivity (Wildman–Crippen MR) is 67.4 cm³/mol. The highest BCUT2D eigenvalue weighted by molar-refractivity contribution is 5.26. The zero-order chi connectivity index (χ0) is 14.5. The third kappa shape index (κ3) is 6.42. The number of aromatic nitrogens is 1. The minimum atomic E-state index is -4.19. The van der Waals surface area contributed by atoms with Gasteiger partial charge in [-0.15, -0.1) is 0 Å². The molecule has 19 heavy (non-hydrogen) atoms. The molecule has 0 unspecified atom stereocenters. The summed E-state index contributed by atoms with van der Waals surface area (Å²) < 4.78 is 40.9. The lowest BCUT2D eigenvalue weighted by Crippen LogP contribution is -2.31. The molecule has 1 aromatic rings. The van der Waals surface area contributed by atoms with Crippen LogP contribution in [0.2, 0.25) is 0 Å². The molecule has 0 spiro atoms. The highest BCUT2D eigenvalue weighted by atomic mass is 19.4. The summed E-state index contributed by atoms with van der Waals surface area (Å²) in [4.78, 5) is 4.03. The molecule has 0 radical (unpaired) electrons. The topological polar surface area (TPSA) is 34.1 Å². The van der Waals surface area contributed by atoms with Crippen LogP contribution in [-0.4, -0.2) is 30.9 Å². The van der Waals surface area contributed by atoms with E-state index in [2.05, 4.69) is 31.1 Å². The highest BCUT2D eigenvalue weighted by Gasteiger charge is 2.25. The van der Waals surface area contributed by atoms with Gasteiger partial charge in [0.1, 0.15) is 6.61 Å². The molecule has 0 fully saturated rings. The van der Waals surface area contributed by atoms with E-state index in [1.807, 2.05) is 12.1 Å². The third-order valence-corrected chi connectivity index (χ3v) is 2.46. The van der Waals surface area contributed by atoms with Crippen molar-refractivity contribution in [3.05, 3.63) is 23.9 Å². The predicted octanol–water partition coefficient (Wildman–Crippen LogP) is 2.91. The molecule has 0 amide bonds. The number of hydrogen-bond donors (Lipinski definition) is 1. The molecule has 0 saturated carbocycles. The van der Waals surface area contributed by atoms with Gasteiger partial charge in [0.15, 0.2) is 0 Å². The van der Waals surface area contributed by atoms with Crippen molar-refractivity contribution in [3.63, 3.8) is 0 Å². The van der Waals surface area contributed by atoms with E-state index in [0.29, 0.717) is 5.88 Å². The Labute approximate surface area is 111 Å². The molecular formula is C13H19F3N2O. The summed E-state index contributed by atoms with van der Waals surface area (Å²) in [6.07, 6.45) is -2.55. The van der Waals surface area contributed by atoms with Crippen LogP contribution in [0.3, 0.4) is 0 Å². The van der Waals surface area contributed by atoms with Gasteiger partial charge in [-0.25, -0.2) is 4.98 Å². The number of alkyl halides is 3. The van der Waals surface area contributed by atoms with E-state index in [-0.39, 0.29) is 18.6 Å². The molecule has 1 rings (SSSR count). The highest BCUT2D eigenvalue weighted by Crippen LogP contribution is 2.24. The van der Waals surface area contributed by atoms with Crippen LogP contribution in [0.4, 0.5) is 13.2 Å². The molecule has 3 nitrogen and oxygen atoms in total. The lowest BCUT2D eigenvalue weighted by Gasteiger charge is -2.19. The minimum Gasteiger partial charge on any atom is -0.476 e. The number of pyridine rings is 1.